The Bertz CT molecular complexity index is 507. The maximum absolute atomic E-state index is 13.2. The van der Waals surface area contributed by atoms with Crippen LogP contribution < -0.4 is 0 Å². The van der Waals surface area contributed by atoms with Crippen LogP contribution >= 0.6 is 0 Å². The number of sulfone groups is 1. The fraction of sp³-hybridized carbons (Fsp3) is 0.364. The Hall–Kier alpha value is -1.43. The Labute approximate surface area is 99.0 Å². The summed E-state index contributed by atoms with van der Waals surface area (Å²) >= 11 is 0. The fourth-order valence-corrected chi connectivity index (χ4v) is 2.03. The van der Waals surface area contributed by atoms with Gasteiger partial charge in [-0.05, 0) is 17.7 Å². The standard InChI is InChI=1S/C11H13FO4S/c1-7(10(12)11(13)14)8-3-5-9(6-4-8)17(2,15)16/h3-7,10H,1-2H3,(H,13,14). The van der Waals surface area contributed by atoms with Gasteiger partial charge in [-0.3, -0.25) is 0 Å². The molecule has 1 N–H and O–H groups in total. The van der Waals surface area contributed by atoms with Gasteiger partial charge in [0.25, 0.3) is 0 Å². The summed E-state index contributed by atoms with van der Waals surface area (Å²) in [6.45, 7) is 1.44. The van der Waals surface area contributed by atoms with Crippen LogP contribution in [0.5, 0.6) is 0 Å². The first kappa shape index (κ1) is 13.6. The molecule has 4 nitrogen and oxygen atoms in total. The van der Waals surface area contributed by atoms with Gasteiger partial charge in [-0.25, -0.2) is 17.6 Å². The van der Waals surface area contributed by atoms with Crippen molar-refractivity contribution >= 4 is 15.8 Å². The normalized spacial score (nSPS) is 15.2. The van der Waals surface area contributed by atoms with Crippen molar-refractivity contribution in [1.82, 2.24) is 0 Å². The van der Waals surface area contributed by atoms with Gasteiger partial charge < -0.3 is 5.11 Å². The molecule has 1 rings (SSSR count). The summed E-state index contributed by atoms with van der Waals surface area (Å²) in [5, 5.41) is 8.53. The number of hydrogen-bond donors (Lipinski definition) is 1. The van der Waals surface area contributed by atoms with Crippen LogP contribution in [0.15, 0.2) is 29.2 Å². The summed E-state index contributed by atoms with van der Waals surface area (Å²) < 4.78 is 35.6. The quantitative estimate of drug-likeness (QED) is 0.892. The van der Waals surface area contributed by atoms with Gasteiger partial charge in [-0.2, -0.15) is 0 Å². The molecule has 94 valence electrons. The smallest absolute Gasteiger partial charge is 0.338 e. The van der Waals surface area contributed by atoms with Crippen molar-refractivity contribution in [1.29, 1.82) is 0 Å². The largest absolute Gasteiger partial charge is 0.479 e. The third-order valence-corrected chi connectivity index (χ3v) is 3.64. The van der Waals surface area contributed by atoms with Crippen molar-refractivity contribution in [2.24, 2.45) is 0 Å². The molecule has 0 bridgehead atoms. The highest BCUT2D eigenvalue weighted by molar-refractivity contribution is 7.90. The predicted octanol–water partition coefficient (Wildman–Crippen LogP) is 1.62. The Morgan fingerprint density at radius 2 is 1.76 bits per heavy atom. The van der Waals surface area contributed by atoms with Crippen LogP contribution in [0.25, 0.3) is 0 Å². The second-order valence-corrected chi connectivity index (χ2v) is 5.89. The minimum Gasteiger partial charge on any atom is -0.479 e. The average molecular weight is 260 g/mol. The van der Waals surface area contributed by atoms with Crippen LogP contribution in [-0.2, 0) is 14.6 Å². The molecule has 0 saturated carbocycles. The number of benzene rings is 1. The van der Waals surface area contributed by atoms with Gasteiger partial charge in [0.1, 0.15) is 0 Å². The minimum absolute atomic E-state index is 0.124. The number of alkyl halides is 1. The highest BCUT2D eigenvalue weighted by Gasteiger charge is 2.25. The van der Waals surface area contributed by atoms with Gasteiger partial charge in [0.05, 0.1) is 4.90 Å². The lowest BCUT2D eigenvalue weighted by molar-refractivity contribution is -0.143. The van der Waals surface area contributed by atoms with E-state index in [-0.39, 0.29) is 4.90 Å². The van der Waals surface area contributed by atoms with Gasteiger partial charge in [0.15, 0.2) is 9.84 Å². The highest BCUT2D eigenvalue weighted by Crippen LogP contribution is 2.23. The molecule has 0 saturated heterocycles. The van der Waals surface area contributed by atoms with Gasteiger partial charge in [-0.15, -0.1) is 0 Å². The van der Waals surface area contributed by atoms with E-state index < -0.39 is 27.9 Å². The monoisotopic (exact) mass is 260 g/mol. The molecule has 0 heterocycles. The summed E-state index contributed by atoms with van der Waals surface area (Å²) in [6.07, 6.45) is -0.931. The lowest BCUT2D eigenvalue weighted by Crippen LogP contribution is -2.21. The van der Waals surface area contributed by atoms with E-state index in [0.717, 1.165) is 6.26 Å². The van der Waals surface area contributed by atoms with Gasteiger partial charge in [-0.1, -0.05) is 19.1 Å². The molecule has 0 radical (unpaired) electrons. The zero-order valence-electron chi connectivity index (χ0n) is 9.42. The number of halogens is 1. The van der Waals surface area contributed by atoms with Crippen molar-refractivity contribution in [3.8, 4) is 0 Å². The Morgan fingerprint density at radius 3 is 2.12 bits per heavy atom. The first-order valence-corrected chi connectivity index (χ1v) is 6.79. The minimum atomic E-state index is -3.29. The maximum Gasteiger partial charge on any atom is 0.338 e. The van der Waals surface area contributed by atoms with Crippen molar-refractivity contribution in [3.05, 3.63) is 29.8 Å². The number of rotatable bonds is 4. The Balaban J connectivity index is 2.99. The first-order valence-electron chi connectivity index (χ1n) is 4.90. The third kappa shape index (κ3) is 3.26. The lowest BCUT2D eigenvalue weighted by atomic mass is 9.96. The number of aliphatic carboxylic acids is 1. The van der Waals surface area contributed by atoms with Crippen molar-refractivity contribution < 1.29 is 22.7 Å². The number of carboxylic acid groups (broad SMARTS) is 1. The van der Waals surface area contributed by atoms with Gasteiger partial charge in [0, 0.05) is 12.2 Å². The molecule has 2 unspecified atom stereocenters. The molecule has 6 heteroatoms. The van der Waals surface area contributed by atoms with Gasteiger partial charge in [0.2, 0.25) is 6.17 Å². The fourth-order valence-electron chi connectivity index (χ4n) is 1.40. The number of hydrogen-bond acceptors (Lipinski definition) is 3. The molecule has 0 aliphatic rings. The summed E-state index contributed by atoms with van der Waals surface area (Å²) in [7, 11) is -3.29. The SMILES string of the molecule is CC(c1ccc(S(C)(=O)=O)cc1)C(F)C(=O)O. The zero-order valence-corrected chi connectivity index (χ0v) is 10.2. The molecule has 0 aliphatic heterocycles. The van der Waals surface area contributed by atoms with Crippen LogP contribution in [0.2, 0.25) is 0 Å². The molecule has 1 aromatic rings. The van der Waals surface area contributed by atoms with Crippen molar-refractivity contribution in [2.75, 3.05) is 6.26 Å². The third-order valence-electron chi connectivity index (χ3n) is 2.51. The van der Waals surface area contributed by atoms with E-state index in [1.165, 1.54) is 31.2 Å². The first-order chi connectivity index (χ1) is 7.73. The highest BCUT2D eigenvalue weighted by atomic mass is 32.2. The van der Waals surface area contributed by atoms with Crippen LogP contribution in [0, 0.1) is 0 Å². The molecule has 17 heavy (non-hydrogen) atoms. The molecular weight excluding hydrogens is 247 g/mol. The summed E-state index contributed by atoms with van der Waals surface area (Å²) in [5.41, 5.74) is 0.451. The summed E-state index contributed by atoms with van der Waals surface area (Å²) in [4.78, 5) is 10.6. The molecule has 0 aliphatic carbocycles. The van der Waals surface area contributed by atoms with Crippen molar-refractivity contribution in [2.45, 2.75) is 23.9 Å². The maximum atomic E-state index is 13.2. The summed E-state index contributed by atoms with van der Waals surface area (Å²) in [6, 6.07) is 5.54. The van der Waals surface area contributed by atoms with E-state index in [9.17, 15) is 17.6 Å². The molecule has 0 amide bonds. The molecule has 2 atom stereocenters. The predicted molar refractivity (Wildman–Crippen MR) is 60.5 cm³/mol. The van der Waals surface area contributed by atoms with E-state index in [4.69, 9.17) is 5.11 Å². The summed E-state index contributed by atoms with van der Waals surface area (Å²) in [5.74, 6) is -2.34. The van der Waals surface area contributed by atoms with E-state index in [1.54, 1.807) is 0 Å². The second kappa shape index (κ2) is 4.83. The number of carbonyl (C=O) groups is 1. The van der Waals surface area contributed by atoms with Crippen LogP contribution in [0.4, 0.5) is 4.39 Å². The Morgan fingerprint density at radius 1 is 1.29 bits per heavy atom. The topological polar surface area (TPSA) is 71.4 Å². The van der Waals surface area contributed by atoms with E-state index in [1.807, 2.05) is 0 Å². The number of carboxylic acids is 1. The van der Waals surface area contributed by atoms with Crippen molar-refractivity contribution in [3.63, 3.8) is 0 Å². The lowest BCUT2D eigenvalue weighted by Gasteiger charge is -2.13. The van der Waals surface area contributed by atoms with Gasteiger partial charge >= 0.3 is 5.97 Å². The van der Waals surface area contributed by atoms with E-state index >= 15 is 0 Å². The average Bonchev–Trinajstić information content (AvgIpc) is 2.26. The Kier molecular flexibility index (Phi) is 3.87. The van der Waals surface area contributed by atoms with Crippen LogP contribution in [0.1, 0.15) is 18.4 Å². The van der Waals surface area contributed by atoms with Crippen LogP contribution in [0.3, 0.4) is 0 Å². The van der Waals surface area contributed by atoms with Crippen LogP contribution in [-0.4, -0.2) is 31.9 Å². The van der Waals surface area contributed by atoms with E-state index in [2.05, 4.69) is 0 Å². The molecule has 0 aromatic heterocycles. The zero-order chi connectivity index (χ0) is 13.2. The second-order valence-electron chi connectivity index (χ2n) is 3.87. The molecule has 1 aromatic carbocycles. The van der Waals surface area contributed by atoms with E-state index in [0.29, 0.717) is 5.56 Å². The molecule has 0 spiro atoms. The molecule has 0 fully saturated rings. The molecular formula is C11H13FO4S.